The molecule has 0 fully saturated rings. The zero-order chi connectivity index (χ0) is 14.8. The molecule has 0 aliphatic carbocycles. The first-order chi connectivity index (χ1) is 10.9. The molecule has 4 rings (SSSR count). The Hall–Kier alpha value is -2.80. The standard InChI is InChI=1S/C15H11N5OS/c1-2-6-11(7-3-1)20-15(17-18-19-20)22-21-14-10-16-13-9-5-4-8-12(13)14/h1-10,16H. The molecule has 0 aliphatic heterocycles. The Balaban J connectivity index is 1.59. The van der Waals surface area contributed by atoms with Crippen LogP contribution in [0.2, 0.25) is 0 Å². The van der Waals surface area contributed by atoms with E-state index in [2.05, 4.69) is 20.5 Å². The summed E-state index contributed by atoms with van der Waals surface area (Å²) in [6, 6.07) is 17.6. The van der Waals surface area contributed by atoms with Crippen LogP contribution >= 0.6 is 12.0 Å². The maximum atomic E-state index is 5.79. The quantitative estimate of drug-likeness (QED) is 0.586. The molecule has 0 bridgehead atoms. The molecule has 0 spiro atoms. The number of hydrogen-bond donors (Lipinski definition) is 1. The minimum absolute atomic E-state index is 0.566. The second-order valence-corrected chi connectivity index (χ2v) is 5.27. The van der Waals surface area contributed by atoms with Crippen LogP contribution in [0.5, 0.6) is 5.75 Å². The van der Waals surface area contributed by atoms with Crippen molar-refractivity contribution in [1.29, 1.82) is 0 Å². The monoisotopic (exact) mass is 309 g/mol. The Morgan fingerprint density at radius 3 is 2.73 bits per heavy atom. The van der Waals surface area contributed by atoms with Crippen molar-refractivity contribution < 1.29 is 4.18 Å². The molecule has 0 saturated heterocycles. The van der Waals surface area contributed by atoms with Gasteiger partial charge in [-0.15, -0.1) is 0 Å². The van der Waals surface area contributed by atoms with Crippen LogP contribution in [0.4, 0.5) is 0 Å². The van der Waals surface area contributed by atoms with Gasteiger partial charge in [-0.1, -0.05) is 35.4 Å². The summed E-state index contributed by atoms with van der Waals surface area (Å²) in [5, 5.41) is 13.3. The minimum Gasteiger partial charge on any atom is -0.415 e. The highest BCUT2D eigenvalue weighted by atomic mass is 32.2. The van der Waals surface area contributed by atoms with E-state index in [1.54, 1.807) is 4.68 Å². The molecule has 0 saturated carbocycles. The molecular formula is C15H11N5OS. The highest BCUT2D eigenvalue weighted by Crippen LogP contribution is 2.30. The lowest BCUT2D eigenvalue weighted by Gasteiger charge is -2.04. The van der Waals surface area contributed by atoms with Crippen LogP contribution in [-0.4, -0.2) is 25.2 Å². The number of aromatic nitrogens is 5. The van der Waals surface area contributed by atoms with E-state index in [0.29, 0.717) is 5.16 Å². The van der Waals surface area contributed by atoms with Crippen LogP contribution in [-0.2, 0) is 0 Å². The van der Waals surface area contributed by atoms with Gasteiger partial charge in [-0.2, -0.15) is 4.68 Å². The lowest BCUT2D eigenvalue weighted by Crippen LogP contribution is -1.99. The van der Waals surface area contributed by atoms with E-state index in [4.69, 9.17) is 4.18 Å². The van der Waals surface area contributed by atoms with Crippen molar-refractivity contribution >= 4 is 22.9 Å². The predicted molar refractivity (Wildman–Crippen MR) is 83.9 cm³/mol. The van der Waals surface area contributed by atoms with Gasteiger partial charge in [0.2, 0.25) is 0 Å². The largest absolute Gasteiger partial charge is 0.415 e. The van der Waals surface area contributed by atoms with E-state index in [1.807, 2.05) is 60.8 Å². The van der Waals surface area contributed by atoms with Crippen molar-refractivity contribution in [3.05, 3.63) is 60.8 Å². The molecule has 0 radical (unpaired) electrons. The summed E-state index contributed by atoms with van der Waals surface area (Å²) in [4.78, 5) is 3.17. The van der Waals surface area contributed by atoms with Gasteiger partial charge in [-0.3, -0.25) is 0 Å². The predicted octanol–water partition coefficient (Wildman–Crippen LogP) is 3.23. The number of nitrogens with zero attached hydrogens (tertiary/aromatic N) is 4. The normalized spacial score (nSPS) is 10.9. The highest BCUT2D eigenvalue weighted by Gasteiger charge is 2.12. The zero-order valence-electron chi connectivity index (χ0n) is 11.4. The van der Waals surface area contributed by atoms with Crippen molar-refractivity contribution in [2.45, 2.75) is 5.16 Å². The molecule has 2 aromatic carbocycles. The fraction of sp³-hybridized carbons (Fsp3) is 0. The molecule has 2 aromatic heterocycles. The van der Waals surface area contributed by atoms with Gasteiger partial charge >= 0.3 is 0 Å². The van der Waals surface area contributed by atoms with Gasteiger partial charge in [0.25, 0.3) is 5.16 Å². The molecule has 108 valence electrons. The summed E-state index contributed by atoms with van der Waals surface area (Å²) in [6.45, 7) is 0. The SMILES string of the molecule is c1ccc(-n2nnnc2SOc2c[nH]c3ccccc23)cc1. The molecule has 2 heterocycles. The van der Waals surface area contributed by atoms with Crippen LogP contribution in [0.15, 0.2) is 66.0 Å². The summed E-state index contributed by atoms with van der Waals surface area (Å²) in [6.07, 6.45) is 1.83. The number of H-pyrrole nitrogens is 1. The maximum absolute atomic E-state index is 5.79. The van der Waals surface area contributed by atoms with Crippen LogP contribution in [0.25, 0.3) is 16.6 Å². The third-order valence-electron chi connectivity index (χ3n) is 3.20. The van der Waals surface area contributed by atoms with E-state index in [9.17, 15) is 0 Å². The summed E-state index contributed by atoms with van der Waals surface area (Å²) < 4.78 is 7.43. The Morgan fingerprint density at radius 1 is 1.00 bits per heavy atom. The summed E-state index contributed by atoms with van der Waals surface area (Å²) in [7, 11) is 0. The molecule has 0 unspecified atom stereocenters. The van der Waals surface area contributed by atoms with Crippen LogP contribution in [0.1, 0.15) is 0 Å². The summed E-state index contributed by atoms with van der Waals surface area (Å²) >= 11 is 1.13. The van der Waals surface area contributed by atoms with Crippen LogP contribution in [0.3, 0.4) is 0 Å². The molecule has 7 heteroatoms. The topological polar surface area (TPSA) is 68.6 Å². The van der Waals surface area contributed by atoms with Gasteiger partial charge in [-0.25, -0.2) is 0 Å². The van der Waals surface area contributed by atoms with Crippen molar-refractivity contribution in [2.24, 2.45) is 0 Å². The third-order valence-corrected chi connectivity index (χ3v) is 3.87. The number of hydrogen-bond acceptors (Lipinski definition) is 5. The fourth-order valence-corrected chi connectivity index (χ4v) is 2.74. The van der Waals surface area contributed by atoms with Crippen molar-refractivity contribution in [3.8, 4) is 11.4 Å². The van der Waals surface area contributed by atoms with Crippen molar-refractivity contribution in [1.82, 2.24) is 25.2 Å². The van der Waals surface area contributed by atoms with Gasteiger partial charge in [0.1, 0.15) is 12.0 Å². The average molecular weight is 309 g/mol. The van der Waals surface area contributed by atoms with E-state index in [1.165, 1.54) is 0 Å². The summed E-state index contributed by atoms with van der Waals surface area (Å²) in [5.74, 6) is 0.753. The number of nitrogens with one attached hydrogen (secondary N) is 1. The lowest BCUT2D eigenvalue weighted by atomic mass is 10.2. The van der Waals surface area contributed by atoms with Gasteiger partial charge in [0, 0.05) is 17.1 Å². The first-order valence-electron chi connectivity index (χ1n) is 6.66. The van der Waals surface area contributed by atoms with Gasteiger partial charge < -0.3 is 9.17 Å². The number of para-hydroxylation sites is 2. The van der Waals surface area contributed by atoms with Crippen LogP contribution in [0, 0.1) is 0 Å². The maximum Gasteiger partial charge on any atom is 0.253 e. The summed E-state index contributed by atoms with van der Waals surface area (Å²) in [5.41, 5.74) is 1.92. The van der Waals surface area contributed by atoms with Gasteiger partial charge in [0.05, 0.1) is 5.69 Å². The third kappa shape index (κ3) is 2.31. The zero-order valence-corrected chi connectivity index (χ0v) is 12.2. The Bertz CT molecular complexity index is 902. The fourth-order valence-electron chi connectivity index (χ4n) is 2.16. The first-order valence-corrected chi connectivity index (χ1v) is 7.40. The molecule has 6 nitrogen and oxygen atoms in total. The molecule has 22 heavy (non-hydrogen) atoms. The molecule has 0 amide bonds. The van der Waals surface area contributed by atoms with Crippen molar-refractivity contribution in [3.63, 3.8) is 0 Å². The van der Waals surface area contributed by atoms with E-state index >= 15 is 0 Å². The Kier molecular flexibility index (Phi) is 3.24. The molecular weight excluding hydrogens is 298 g/mol. The molecule has 4 aromatic rings. The molecule has 0 aliphatic rings. The Labute approximate surface area is 130 Å². The van der Waals surface area contributed by atoms with Crippen molar-refractivity contribution in [2.75, 3.05) is 0 Å². The minimum atomic E-state index is 0.566. The average Bonchev–Trinajstić information content (AvgIpc) is 3.20. The second kappa shape index (κ2) is 5.53. The first kappa shape index (κ1) is 12.9. The van der Waals surface area contributed by atoms with Crippen LogP contribution < -0.4 is 4.18 Å². The van der Waals surface area contributed by atoms with Gasteiger partial charge in [-0.05, 0) is 34.7 Å². The Morgan fingerprint density at radius 2 is 1.82 bits per heavy atom. The van der Waals surface area contributed by atoms with E-state index < -0.39 is 0 Å². The number of rotatable bonds is 4. The van der Waals surface area contributed by atoms with Gasteiger partial charge in [0.15, 0.2) is 5.75 Å². The second-order valence-electron chi connectivity index (χ2n) is 4.57. The number of tetrazole rings is 1. The number of aromatic amines is 1. The van der Waals surface area contributed by atoms with E-state index in [0.717, 1.165) is 34.4 Å². The smallest absolute Gasteiger partial charge is 0.253 e. The molecule has 1 N–H and O–H groups in total. The highest BCUT2D eigenvalue weighted by molar-refractivity contribution is 7.94. The number of fused-ring (bicyclic) bond motifs is 1. The van der Waals surface area contributed by atoms with E-state index in [-0.39, 0.29) is 0 Å². The number of benzene rings is 2. The molecule has 0 atom stereocenters. The lowest BCUT2D eigenvalue weighted by molar-refractivity contribution is 0.638.